The summed E-state index contributed by atoms with van der Waals surface area (Å²) in [5, 5.41) is 0. The zero-order chi connectivity index (χ0) is 11.2. The van der Waals surface area contributed by atoms with Gasteiger partial charge in [0, 0.05) is 13.2 Å². The third kappa shape index (κ3) is 6.53. The van der Waals surface area contributed by atoms with E-state index in [9.17, 15) is 0 Å². The van der Waals surface area contributed by atoms with Crippen molar-refractivity contribution in [2.45, 2.75) is 40.0 Å². The fourth-order valence-electron chi connectivity index (χ4n) is 1.24. The van der Waals surface area contributed by atoms with Gasteiger partial charge < -0.3 is 8.85 Å². The Kier molecular flexibility index (Phi) is 5.89. The molecule has 0 spiro atoms. The fraction of sp³-hybridized carbons (Fsp3) is 0.800. The van der Waals surface area contributed by atoms with Crippen molar-refractivity contribution in [1.82, 2.24) is 0 Å². The van der Waals surface area contributed by atoms with Crippen LogP contribution in [0.15, 0.2) is 11.4 Å². The molecule has 0 fully saturated rings. The molecular formula is C10H24O2Si2. The molecule has 0 saturated heterocycles. The lowest BCUT2D eigenvalue weighted by Crippen LogP contribution is -2.33. The van der Waals surface area contributed by atoms with Crippen LogP contribution in [0.4, 0.5) is 0 Å². The lowest BCUT2D eigenvalue weighted by Gasteiger charge is -2.21. The highest BCUT2D eigenvalue weighted by Crippen LogP contribution is 2.11. The smallest absolute Gasteiger partial charge is 0.210 e. The van der Waals surface area contributed by atoms with E-state index in [0.717, 1.165) is 13.2 Å². The Balaban J connectivity index is 4.26. The van der Waals surface area contributed by atoms with Gasteiger partial charge in [-0.3, -0.25) is 0 Å². The topological polar surface area (TPSA) is 18.5 Å². The minimum atomic E-state index is -1.57. The highest BCUT2D eigenvalue weighted by molar-refractivity contribution is 6.81. The number of rotatable bonds is 6. The monoisotopic (exact) mass is 232 g/mol. The van der Waals surface area contributed by atoms with Crippen molar-refractivity contribution in [2.75, 3.05) is 13.2 Å². The van der Waals surface area contributed by atoms with Crippen LogP contribution < -0.4 is 0 Å². The summed E-state index contributed by atoms with van der Waals surface area (Å²) < 4.78 is 11.4. The van der Waals surface area contributed by atoms with Crippen LogP contribution in [0.1, 0.15) is 13.8 Å². The fourth-order valence-corrected chi connectivity index (χ4v) is 6.13. The van der Waals surface area contributed by atoms with E-state index < -0.39 is 16.6 Å². The van der Waals surface area contributed by atoms with Gasteiger partial charge in [-0.05, 0) is 40.0 Å². The van der Waals surface area contributed by atoms with E-state index in [-0.39, 0.29) is 0 Å². The average Bonchev–Trinajstić information content (AvgIpc) is 2.01. The van der Waals surface area contributed by atoms with Crippen LogP contribution in [-0.2, 0) is 8.85 Å². The lowest BCUT2D eigenvalue weighted by molar-refractivity contribution is 0.335. The first kappa shape index (κ1) is 14.1. The van der Waals surface area contributed by atoms with Crippen LogP contribution in [0.2, 0.25) is 26.2 Å². The maximum atomic E-state index is 5.72. The number of hydrogen-bond acceptors (Lipinski definition) is 2. The van der Waals surface area contributed by atoms with E-state index in [1.165, 1.54) is 0 Å². The van der Waals surface area contributed by atoms with Gasteiger partial charge in [-0.2, -0.15) is 0 Å². The van der Waals surface area contributed by atoms with Crippen molar-refractivity contribution in [3.8, 4) is 0 Å². The molecule has 84 valence electrons. The molecule has 2 nitrogen and oxygen atoms in total. The Morgan fingerprint density at radius 1 is 0.786 bits per heavy atom. The molecule has 0 aliphatic heterocycles. The number of hydrogen-bond donors (Lipinski definition) is 0. The van der Waals surface area contributed by atoms with Gasteiger partial charge in [0.25, 0.3) is 0 Å². The van der Waals surface area contributed by atoms with Crippen molar-refractivity contribution in [3.63, 3.8) is 0 Å². The van der Waals surface area contributed by atoms with Gasteiger partial charge in [0.1, 0.15) is 0 Å². The first-order valence-electron chi connectivity index (χ1n) is 5.31. The van der Waals surface area contributed by atoms with Crippen LogP contribution in [0.25, 0.3) is 0 Å². The quantitative estimate of drug-likeness (QED) is 0.655. The second-order valence-electron chi connectivity index (χ2n) is 4.41. The zero-order valence-corrected chi connectivity index (χ0v) is 12.4. The molecule has 0 atom stereocenters. The highest BCUT2D eigenvalue weighted by Gasteiger charge is 2.22. The summed E-state index contributed by atoms with van der Waals surface area (Å²) in [5.74, 6) is 0. The predicted octanol–water partition coefficient (Wildman–Crippen LogP) is 3.10. The van der Waals surface area contributed by atoms with Crippen molar-refractivity contribution >= 4 is 16.6 Å². The summed E-state index contributed by atoms with van der Waals surface area (Å²) in [4.78, 5) is 0. The van der Waals surface area contributed by atoms with Crippen molar-refractivity contribution in [2.24, 2.45) is 0 Å². The molecule has 0 aliphatic carbocycles. The molecule has 0 aliphatic rings. The summed E-state index contributed by atoms with van der Waals surface area (Å²) >= 11 is 0. The van der Waals surface area contributed by atoms with E-state index in [0.29, 0.717) is 0 Å². The predicted molar refractivity (Wildman–Crippen MR) is 67.4 cm³/mol. The molecule has 0 amide bonds. The van der Waals surface area contributed by atoms with E-state index >= 15 is 0 Å². The molecule has 0 aromatic heterocycles. The molecule has 0 rings (SSSR count). The molecule has 14 heavy (non-hydrogen) atoms. The van der Waals surface area contributed by atoms with Crippen LogP contribution in [0.3, 0.4) is 0 Å². The lowest BCUT2D eigenvalue weighted by atomic mass is 10.9. The summed E-state index contributed by atoms with van der Waals surface area (Å²) in [6.45, 7) is 14.6. The summed E-state index contributed by atoms with van der Waals surface area (Å²) in [7, 11) is -3.14. The molecule has 0 N–H and O–H groups in total. The maximum absolute atomic E-state index is 5.72. The molecular weight excluding hydrogens is 208 g/mol. The molecule has 0 bridgehead atoms. The minimum absolute atomic E-state index is 0.806. The van der Waals surface area contributed by atoms with E-state index in [1.807, 2.05) is 13.8 Å². The summed E-state index contributed by atoms with van der Waals surface area (Å²) in [6, 6.07) is 0. The molecule has 0 saturated carbocycles. The van der Waals surface area contributed by atoms with Crippen LogP contribution in [0, 0.1) is 0 Å². The Labute approximate surface area is 90.6 Å². The standard InChI is InChI=1S/C10H24O2Si2/c1-7-11-13(3,4)9-10-14(5,6)12-8-2/h9-10H,7-8H2,1-6H3/b10-9+. The molecule has 0 aromatic rings. The van der Waals surface area contributed by atoms with Gasteiger partial charge in [-0.25, -0.2) is 0 Å². The minimum Gasteiger partial charge on any atom is -0.414 e. The molecule has 0 aromatic carbocycles. The van der Waals surface area contributed by atoms with Gasteiger partial charge in [0.15, 0.2) is 0 Å². The zero-order valence-electron chi connectivity index (χ0n) is 10.4. The Morgan fingerprint density at radius 2 is 1.07 bits per heavy atom. The van der Waals surface area contributed by atoms with E-state index in [4.69, 9.17) is 8.85 Å². The van der Waals surface area contributed by atoms with Crippen molar-refractivity contribution < 1.29 is 8.85 Å². The van der Waals surface area contributed by atoms with Gasteiger partial charge in [-0.1, -0.05) is 11.4 Å². The largest absolute Gasteiger partial charge is 0.414 e. The second kappa shape index (κ2) is 5.85. The van der Waals surface area contributed by atoms with Gasteiger partial charge >= 0.3 is 0 Å². The Morgan fingerprint density at radius 3 is 1.29 bits per heavy atom. The van der Waals surface area contributed by atoms with Crippen molar-refractivity contribution in [3.05, 3.63) is 11.4 Å². The maximum Gasteiger partial charge on any atom is 0.210 e. The first-order chi connectivity index (χ1) is 6.33. The first-order valence-corrected chi connectivity index (χ1v) is 11.3. The van der Waals surface area contributed by atoms with Gasteiger partial charge in [0.2, 0.25) is 16.6 Å². The van der Waals surface area contributed by atoms with E-state index in [2.05, 4.69) is 37.6 Å². The van der Waals surface area contributed by atoms with E-state index in [1.54, 1.807) is 0 Å². The Hall–Kier alpha value is 0.0938. The van der Waals surface area contributed by atoms with Crippen LogP contribution in [0.5, 0.6) is 0 Å². The van der Waals surface area contributed by atoms with Crippen LogP contribution in [-0.4, -0.2) is 29.8 Å². The summed E-state index contributed by atoms with van der Waals surface area (Å²) in [6.07, 6.45) is 0. The summed E-state index contributed by atoms with van der Waals surface area (Å²) in [5.41, 5.74) is 4.52. The normalized spacial score (nSPS) is 13.9. The van der Waals surface area contributed by atoms with Gasteiger partial charge in [0.05, 0.1) is 0 Å². The SMILES string of the molecule is CCO[Si](C)(C)/C=C/[Si](C)(C)OCC. The molecule has 0 heterocycles. The second-order valence-corrected chi connectivity index (χ2v) is 12.1. The van der Waals surface area contributed by atoms with Gasteiger partial charge in [-0.15, -0.1) is 0 Å². The molecule has 4 heteroatoms. The molecule has 0 radical (unpaired) electrons. The van der Waals surface area contributed by atoms with Crippen LogP contribution >= 0.6 is 0 Å². The molecule has 0 unspecified atom stereocenters. The average molecular weight is 232 g/mol. The third-order valence-corrected chi connectivity index (χ3v) is 6.26. The Bertz CT molecular complexity index is 169. The third-order valence-electron chi connectivity index (χ3n) is 1.92. The van der Waals surface area contributed by atoms with Crippen molar-refractivity contribution in [1.29, 1.82) is 0 Å². The highest BCUT2D eigenvalue weighted by atomic mass is 28.4.